The van der Waals surface area contributed by atoms with Gasteiger partial charge in [-0.1, -0.05) is 37.3 Å². The first kappa shape index (κ1) is 22.1. The van der Waals surface area contributed by atoms with Crippen LogP contribution in [0.15, 0.2) is 53.3 Å². The van der Waals surface area contributed by atoms with Crippen LogP contribution in [0.25, 0.3) is 10.9 Å². The van der Waals surface area contributed by atoms with E-state index in [1.807, 2.05) is 51.1 Å². The molecule has 0 saturated carbocycles. The van der Waals surface area contributed by atoms with Crippen LogP contribution in [-0.4, -0.2) is 43.4 Å². The van der Waals surface area contributed by atoms with Crippen molar-refractivity contribution >= 4 is 10.9 Å². The van der Waals surface area contributed by atoms with Crippen molar-refractivity contribution in [2.75, 3.05) is 13.3 Å². The highest BCUT2D eigenvalue weighted by Gasteiger charge is 2.33. The van der Waals surface area contributed by atoms with Gasteiger partial charge in [0.15, 0.2) is 17.3 Å². The highest BCUT2D eigenvalue weighted by molar-refractivity contribution is 5.83. The lowest BCUT2D eigenvalue weighted by atomic mass is 10.0. The van der Waals surface area contributed by atoms with E-state index in [4.69, 9.17) is 9.47 Å². The van der Waals surface area contributed by atoms with Crippen molar-refractivity contribution in [2.24, 2.45) is 0 Å². The van der Waals surface area contributed by atoms with Gasteiger partial charge in [-0.25, -0.2) is 4.68 Å². The fourth-order valence-electron chi connectivity index (χ4n) is 4.36. The van der Waals surface area contributed by atoms with Gasteiger partial charge in [0, 0.05) is 23.6 Å². The molecule has 1 atom stereocenters. The lowest BCUT2D eigenvalue weighted by Gasteiger charge is -2.32. The van der Waals surface area contributed by atoms with Gasteiger partial charge in [-0.15, -0.1) is 5.10 Å². The van der Waals surface area contributed by atoms with Crippen molar-refractivity contribution in [3.8, 4) is 11.5 Å². The zero-order chi connectivity index (χ0) is 23.9. The summed E-state index contributed by atoms with van der Waals surface area (Å²) in [5.41, 5.74) is 1.86. The van der Waals surface area contributed by atoms with Crippen LogP contribution in [0.4, 0.5) is 0 Å². The van der Waals surface area contributed by atoms with E-state index in [0.29, 0.717) is 41.5 Å². The van der Waals surface area contributed by atoms with Gasteiger partial charge in [0.05, 0.1) is 11.1 Å². The van der Waals surface area contributed by atoms with Gasteiger partial charge in [0.25, 0.3) is 5.56 Å². The summed E-state index contributed by atoms with van der Waals surface area (Å²) in [6.45, 7) is 9.71. The molecule has 0 aliphatic carbocycles. The molecule has 2 aromatic carbocycles. The number of H-pyrrole nitrogens is 1. The minimum Gasteiger partial charge on any atom is -0.454 e. The molecular weight excluding hydrogens is 432 g/mol. The van der Waals surface area contributed by atoms with E-state index in [1.54, 1.807) is 10.7 Å². The maximum atomic E-state index is 13.5. The number of pyridine rings is 1. The molecule has 4 aromatic rings. The summed E-state index contributed by atoms with van der Waals surface area (Å²) < 4.78 is 12.8. The molecule has 5 rings (SSSR count). The number of aromatic nitrogens is 5. The second kappa shape index (κ2) is 8.57. The standard InChI is InChI=1S/C25H28N6O3/c1-5-30(14-16-9-7-6-8-10-16)22(23-27-28-29-31(23)25(2,3)4)18-11-17-12-20-21(34-15-33-20)13-19(17)26-24(18)32/h6-13,22H,5,14-15H2,1-4H3,(H,26,32)/t22-/m0/s1. The molecule has 0 fully saturated rings. The SMILES string of the molecule is CCN(Cc1ccccc1)[C@@H](c1cc2cc3c(cc2[nH]c1=O)OCO3)c1nnnn1C(C)(C)C. The van der Waals surface area contributed by atoms with Gasteiger partial charge < -0.3 is 14.5 Å². The number of rotatable bonds is 6. The second-order valence-electron chi connectivity index (χ2n) is 9.42. The van der Waals surface area contributed by atoms with Crippen molar-refractivity contribution in [1.29, 1.82) is 0 Å². The van der Waals surface area contributed by atoms with Gasteiger partial charge in [0.1, 0.15) is 6.04 Å². The quantitative estimate of drug-likeness (QED) is 0.469. The van der Waals surface area contributed by atoms with Gasteiger partial charge in [-0.2, -0.15) is 0 Å². The number of nitrogens with zero attached hydrogens (tertiary/aromatic N) is 5. The predicted octanol–water partition coefficient (Wildman–Crippen LogP) is 3.61. The van der Waals surface area contributed by atoms with Gasteiger partial charge in [-0.05, 0) is 55.4 Å². The molecule has 34 heavy (non-hydrogen) atoms. The first-order valence-corrected chi connectivity index (χ1v) is 11.4. The van der Waals surface area contributed by atoms with Crippen LogP contribution in [-0.2, 0) is 12.1 Å². The van der Waals surface area contributed by atoms with Crippen LogP contribution in [0, 0.1) is 0 Å². The average molecular weight is 461 g/mol. The molecule has 0 unspecified atom stereocenters. The fraction of sp³-hybridized carbons (Fsp3) is 0.360. The van der Waals surface area contributed by atoms with E-state index < -0.39 is 6.04 Å². The molecule has 9 nitrogen and oxygen atoms in total. The predicted molar refractivity (Wildman–Crippen MR) is 128 cm³/mol. The summed E-state index contributed by atoms with van der Waals surface area (Å²) in [6, 6.07) is 15.3. The molecule has 1 N–H and O–H groups in total. The molecule has 3 heterocycles. The zero-order valence-electron chi connectivity index (χ0n) is 19.8. The molecule has 0 saturated heterocycles. The maximum absolute atomic E-state index is 13.5. The van der Waals surface area contributed by atoms with Crippen LogP contribution < -0.4 is 15.0 Å². The number of hydrogen-bond donors (Lipinski definition) is 1. The largest absolute Gasteiger partial charge is 0.454 e. The van der Waals surface area contributed by atoms with Crippen molar-refractivity contribution in [3.63, 3.8) is 0 Å². The molecule has 0 amide bonds. The van der Waals surface area contributed by atoms with Crippen molar-refractivity contribution in [1.82, 2.24) is 30.1 Å². The molecule has 0 radical (unpaired) electrons. The van der Waals surface area contributed by atoms with Crippen LogP contribution >= 0.6 is 0 Å². The van der Waals surface area contributed by atoms with Crippen molar-refractivity contribution < 1.29 is 9.47 Å². The zero-order valence-corrected chi connectivity index (χ0v) is 19.8. The third-order valence-corrected chi connectivity index (χ3v) is 6.03. The topological polar surface area (TPSA) is 98.2 Å². The molecule has 0 bridgehead atoms. The number of benzene rings is 2. The Labute approximate surface area is 197 Å². The van der Waals surface area contributed by atoms with Gasteiger partial charge in [-0.3, -0.25) is 9.69 Å². The number of hydrogen-bond acceptors (Lipinski definition) is 7. The van der Waals surface area contributed by atoms with Crippen LogP contribution in [0.5, 0.6) is 11.5 Å². The third-order valence-electron chi connectivity index (χ3n) is 6.03. The Balaban J connectivity index is 1.69. The van der Waals surface area contributed by atoms with Gasteiger partial charge >= 0.3 is 0 Å². The number of tetrazole rings is 1. The summed E-state index contributed by atoms with van der Waals surface area (Å²) in [4.78, 5) is 18.7. The number of nitrogens with one attached hydrogen (secondary N) is 1. The summed E-state index contributed by atoms with van der Waals surface area (Å²) in [5, 5.41) is 13.5. The van der Waals surface area contributed by atoms with Crippen LogP contribution in [0.2, 0.25) is 0 Å². The average Bonchev–Trinajstić information content (AvgIpc) is 3.47. The first-order valence-electron chi connectivity index (χ1n) is 11.4. The monoisotopic (exact) mass is 460 g/mol. The Morgan fingerprint density at radius 2 is 1.85 bits per heavy atom. The summed E-state index contributed by atoms with van der Waals surface area (Å²) >= 11 is 0. The van der Waals surface area contributed by atoms with Gasteiger partial charge in [0.2, 0.25) is 6.79 Å². The molecule has 1 aliphatic heterocycles. The minimum absolute atomic E-state index is 0.173. The highest BCUT2D eigenvalue weighted by Crippen LogP contribution is 2.36. The Hall–Kier alpha value is -3.72. The summed E-state index contributed by atoms with van der Waals surface area (Å²) in [6.07, 6.45) is 0. The molecule has 1 aliphatic rings. The van der Waals surface area contributed by atoms with E-state index in [1.165, 1.54) is 0 Å². The maximum Gasteiger partial charge on any atom is 0.253 e. The van der Waals surface area contributed by atoms with E-state index in [-0.39, 0.29) is 17.9 Å². The number of aromatic amines is 1. The van der Waals surface area contributed by atoms with E-state index in [9.17, 15) is 4.79 Å². The molecule has 2 aromatic heterocycles. The van der Waals surface area contributed by atoms with Crippen LogP contribution in [0.1, 0.15) is 50.7 Å². The Kier molecular flexibility index (Phi) is 5.57. The first-order chi connectivity index (χ1) is 16.3. The lowest BCUT2D eigenvalue weighted by molar-refractivity contribution is 0.174. The normalized spacial score (nSPS) is 14.1. The molecule has 0 spiro atoms. The van der Waals surface area contributed by atoms with E-state index >= 15 is 0 Å². The number of ether oxygens (including phenoxy) is 2. The van der Waals surface area contributed by atoms with E-state index in [0.717, 1.165) is 10.9 Å². The molecule has 9 heteroatoms. The Morgan fingerprint density at radius 1 is 1.12 bits per heavy atom. The third kappa shape index (κ3) is 4.03. The Morgan fingerprint density at radius 3 is 2.56 bits per heavy atom. The van der Waals surface area contributed by atoms with Crippen LogP contribution in [0.3, 0.4) is 0 Å². The van der Waals surface area contributed by atoms with E-state index in [2.05, 4.69) is 44.5 Å². The fourth-order valence-corrected chi connectivity index (χ4v) is 4.36. The Bertz CT molecular complexity index is 1370. The van der Waals surface area contributed by atoms with Crippen molar-refractivity contribution in [3.05, 3.63) is 75.8 Å². The minimum atomic E-state index is -0.460. The van der Waals surface area contributed by atoms with Crippen molar-refractivity contribution in [2.45, 2.75) is 45.8 Å². The highest BCUT2D eigenvalue weighted by atomic mass is 16.7. The summed E-state index contributed by atoms with van der Waals surface area (Å²) in [7, 11) is 0. The molecular formula is C25H28N6O3. The summed E-state index contributed by atoms with van der Waals surface area (Å²) in [5.74, 6) is 1.91. The molecule has 176 valence electrons. The smallest absolute Gasteiger partial charge is 0.253 e. The lowest BCUT2D eigenvalue weighted by Crippen LogP contribution is -2.37. The number of fused-ring (bicyclic) bond motifs is 2. The second-order valence-corrected chi connectivity index (χ2v) is 9.42.